The fraction of sp³-hybridized carbons (Fsp3) is 0.231. The van der Waals surface area contributed by atoms with Gasteiger partial charge in [0.1, 0.15) is 5.69 Å². The molecule has 1 heterocycles. The van der Waals surface area contributed by atoms with Crippen LogP contribution in [0.5, 0.6) is 0 Å². The molecule has 6 heteroatoms. The van der Waals surface area contributed by atoms with Gasteiger partial charge in [-0.2, -0.15) is 0 Å². The number of nitrogens with one attached hydrogen (secondary N) is 1. The Bertz CT molecular complexity index is 572. The number of benzene rings is 1. The lowest BCUT2D eigenvalue weighted by atomic mass is 10.2. The molecule has 2 aromatic rings. The Balaban J connectivity index is 2.12. The maximum atomic E-state index is 11.0. The molecule has 0 radical (unpaired) electrons. The molecule has 4 nitrogen and oxygen atoms in total. The highest BCUT2D eigenvalue weighted by atomic mass is 79.9. The monoisotopic (exact) mass is 340 g/mol. The number of halogens is 1. The van der Waals surface area contributed by atoms with Crippen molar-refractivity contribution in [1.82, 2.24) is 0 Å². The molecule has 2 rings (SSSR count). The van der Waals surface area contributed by atoms with Crippen molar-refractivity contribution in [3.05, 3.63) is 55.2 Å². The van der Waals surface area contributed by atoms with Crippen LogP contribution in [0.15, 0.2) is 40.2 Å². The van der Waals surface area contributed by atoms with E-state index in [1.165, 1.54) is 10.9 Å². The van der Waals surface area contributed by atoms with Gasteiger partial charge >= 0.3 is 0 Å². The van der Waals surface area contributed by atoms with Gasteiger partial charge in [-0.3, -0.25) is 10.1 Å². The van der Waals surface area contributed by atoms with Gasteiger partial charge in [0.25, 0.3) is 5.69 Å². The lowest BCUT2D eigenvalue weighted by Gasteiger charge is -2.14. The average Bonchev–Trinajstić information content (AvgIpc) is 2.83. The van der Waals surface area contributed by atoms with E-state index in [0.717, 1.165) is 6.42 Å². The van der Waals surface area contributed by atoms with Gasteiger partial charge in [-0.15, -0.1) is 11.3 Å². The number of rotatable bonds is 5. The molecule has 0 bridgehead atoms. The Morgan fingerprint density at radius 2 is 2.26 bits per heavy atom. The number of hydrogen-bond donors (Lipinski definition) is 1. The van der Waals surface area contributed by atoms with Crippen molar-refractivity contribution in [3.8, 4) is 0 Å². The van der Waals surface area contributed by atoms with Crippen LogP contribution in [0.4, 0.5) is 11.4 Å². The Hall–Kier alpha value is -1.40. The SMILES string of the molecule is CC(Cc1cccs1)Nc1ccc(Br)cc1[N+](=O)[O-]. The maximum absolute atomic E-state index is 11.0. The molecular formula is C13H13BrN2O2S. The van der Waals surface area contributed by atoms with Gasteiger partial charge in [0.2, 0.25) is 0 Å². The molecule has 0 saturated carbocycles. The normalized spacial score (nSPS) is 12.1. The van der Waals surface area contributed by atoms with E-state index in [-0.39, 0.29) is 16.7 Å². The van der Waals surface area contributed by atoms with Crippen molar-refractivity contribution in [1.29, 1.82) is 0 Å². The van der Waals surface area contributed by atoms with Crippen LogP contribution in [-0.2, 0) is 6.42 Å². The van der Waals surface area contributed by atoms with Crippen LogP contribution in [0.3, 0.4) is 0 Å². The first-order valence-electron chi connectivity index (χ1n) is 5.79. The van der Waals surface area contributed by atoms with E-state index in [9.17, 15) is 10.1 Å². The van der Waals surface area contributed by atoms with Gasteiger partial charge in [-0.1, -0.05) is 22.0 Å². The quantitative estimate of drug-likeness (QED) is 0.645. The molecule has 1 aromatic heterocycles. The van der Waals surface area contributed by atoms with Gasteiger partial charge in [0.05, 0.1) is 4.92 Å². The number of hydrogen-bond acceptors (Lipinski definition) is 4. The lowest BCUT2D eigenvalue weighted by molar-refractivity contribution is -0.384. The molecule has 0 aliphatic heterocycles. The van der Waals surface area contributed by atoms with Crippen molar-refractivity contribution in [2.24, 2.45) is 0 Å². The van der Waals surface area contributed by atoms with E-state index in [2.05, 4.69) is 27.3 Å². The van der Waals surface area contributed by atoms with Crippen LogP contribution in [0.2, 0.25) is 0 Å². The summed E-state index contributed by atoms with van der Waals surface area (Å²) in [7, 11) is 0. The van der Waals surface area contributed by atoms with Crippen LogP contribution in [-0.4, -0.2) is 11.0 Å². The molecule has 1 atom stereocenters. The highest BCUT2D eigenvalue weighted by molar-refractivity contribution is 9.10. The van der Waals surface area contributed by atoms with Gasteiger partial charge in [-0.25, -0.2) is 0 Å². The molecule has 0 spiro atoms. The predicted octanol–water partition coefficient (Wildman–Crippen LogP) is 4.46. The second-order valence-corrected chi connectivity index (χ2v) is 6.20. The minimum Gasteiger partial charge on any atom is -0.377 e. The van der Waals surface area contributed by atoms with Crippen molar-refractivity contribution in [3.63, 3.8) is 0 Å². The summed E-state index contributed by atoms with van der Waals surface area (Å²) in [6.45, 7) is 2.02. The highest BCUT2D eigenvalue weighted by Crippen LogP contribution is 2.29. The molecule has 1 N–H and O–H groups in total. The second kappa shape index (κ2) is 6.16. The van der Waals surface area contributed by atoms with Crippen LogP contribution in [0, 0.1) is 10.1 Å². The summed E-state index contributed by atoms with van der Waals surface area (Å²) in [6, 6.07) is 9.26. The van der Waals surface area contributed by atoms with E-state index in [1.807, 2.05) is 18.4 Å². The van der Waals surface area contributed by atoms with Crippen LogP contribution in [0.1, 0.15) is 11.8 Å². The number of nitro groups is 1. The Morgan fingerprint density at radius 3 is 2.89 bits per heavy atom. The summed E-state index contributed by atoms with van der Waals surface area (Å²) in [5.41, 5.74) is 0.643. The summed E-state index contributed by atoms with van der Waals surface area (Å²) in [5, 5.41) is 16.3. The summed E-state index contributed by atoms with van der Waals surface area (Å²) >= 11 is 4.94. The van der Waals surface area contributed by atoms with Gasteiger partial charge in [0, 0.05) is 27.9 Å². The third-order valence-corrected chi connectivity index (χ3v) is 4.04. The Labute approximate surface area is 123 Å². The topological polar surface area (TPSA) is 55.2 Å². The van der Waals surface area contributed by atoms with E-state index in [1.54, 1.807) is 23.5 Å². The zero-order valence-electron chi connectivity index (χ0n) is 10.3. The number of nitrogens with zero attached hydrogens (tertiary/aromatic N) is 1. The van der Waals surface area contributed by atoms with E-state index in [0.29, 0.717) is 10.2 Å². The first-order chi connectivity index (χ1) is 9.06. The molecule has 100 valence electrons. The molecule has 0 saturated heterocycles. The van der Waals surface area contributed by atoms with Crippen LogP contribution in [0.25, 0.3) is 0 Å². The predicted molar refractivity (Wildman–Crippen MR) is 81.9 cm³/mol. The van der Waals surface area contributed by atoms with Crippen LogP contribution >= 0.6 is 27.3 Å². The van der Waals surface area contributed by atoms with Gasteiger partial charge in [0.15, 0.2) is 0 Å². The van der Waals surface area contributed by atoms with Gasteiger partial charge in [-0.05, 0) is 30.5 Å². The fourth-order valence-electron chi connectivity index (χ4n) is 1.82. The third-order valence-electron chi connectivity index (χ3n) is 2.65. The summed E-state index contributed by atoms with van der Waals surface area (Å²) in [6.07, 6.45) is 0.852. The summed E-state index contributed by atoms with van der Waals surface area (Å²) in [5.74, 6) is 0. The largest absolute Gasteiger partial charge is 0.377 e. The molecule has 0 aliphatic carbocycles. The van der Waals surface area contributed by atoms with E-state index >= 15 is 0 Å². The zero-order chi connectivity index (χ0) is 13.8. The molecule has 1 aromatic carbocycles. The van der Waals surface area contributed by atoms with Crippen molar-refractivity contribution in [2.75, 3.05) is 5.32 Å². The Kier molecular flexibility index (Phi) is 4.55. The zero-order valence-corrected chi connectivity index (χ0v) is 12.7. The fourth-order valence-corrected chi connectivity index (χ4v) is 3.01. The minimum atomic E-state index is -0.370. The molecule has 0 fully saturated rings. The first kappa shape index (κ1) is 14.0. The number of nitro benzene ring substituents is 1. The molecule has 1 unspecified atom stereocenters. The van der Waals surface area contributed by atoms with E-state index in [4.69, 9.17) is 0 Å². The standard InChI is InChI=1S/C13H13BrN2O2S/c1-9(7-11-3-2-6-19-11)15-12-5-4-10(14)8-13(12)16(17)18/h2-6,8-9,15H,7H2,1H3. The molecule has 0 amide bonds. The molecule has 0 aliphatic rings. The van der Waals surface area contributed by atoms with Crippen molar-refractivity contribution < 1.29 is 4.92 Å². The number of anilines is 1. The maximum Gasteiger partial charge on any atom is 0.293 e. The number of thiophene rings is 1. The summed E-state index contributed by atoms with van der Waals surface area (Å²) < 4.78 is 0.704. The minimum absolute atomic E-state index is 0.0902. The average molecular weight is 341 g/mol. The highest BCUT2D eigenvalue weighted by Gasteiger charge is 2.16. The van der Waals surface area contributed by atoms with Crippen LogP contribution < -0.4 is 5.32 Å². The lowest BCUT2D eigenvalue weighted by Crippen LogP contribution is -2.18. The van der Waals surface area contributed by atoms with Gasteiger partial charge < -0.3 is 5.32 Å². The Morgan fingerprint density at radius 1 is 1.47 bits per heavy atom. The smallest absolute Gasteiger partial charge is 0.293 e. The van der Waals surface area contributed by atoms with E-state index < -0.39 is 0 Å². The van der Waals surface area contributed by atoms with Crippen molar-refractivity contribution >= 4 is 38.6 Å². The molecule has 19 heavy (non-hydrogen) atoms. The van der Waals surface area contributed by atoms with Crippen molar-refractivity contribution in [2.45, 2.75) is 19.4 Å². The molecular weight excluding hydrogens is 328 g/mol. The summed E-state index contributed by atoms with van der Waals surface area (Å²) in [4.78, 5) is 11.9. The third kappa shape index (κ3) is 3.78. The first-order valence-corrected chi connectivity index (χ1v) is 7.46. The second-order valence-electron chi connectivity index (χ2n) is 4.25.